The Kier molecular flexibility index (Phi) is 5.72. The first kappa shape index (κ1) is 13.2. The fraction of sp³-hybridized carbons (Fsp3) is 0.636. The molecule has 0 atom stereocenters. The molecule has 0 radical (unpaired) electrons. The number of unbranched alkanes of at least 4 members (excludes halogenated alkanes) is 5. The molecule has 0 saturated heterocycles. The second-order valence-corrected chi connectivity index (χ2v) is 3.89. The topological polar surface area (TPSA) is 114 Å². The van der Waals surface area contributed by atoms with E-state index in [0.717, 1.165) is 38.5 Å². The number of hydrogen-bond donors (Lipinski definition) is 2. The first-order valence-corrected chi connectivity index (χ1v) is 5.85. The second-order valence-electron chi connectivity index (χ2n) is 3.89. The molecule has 0 fully saturated rings. The van der Waals surface area contributed by atoms with Crippen LogP contribution in [0.2, 0.25) is 0 Å². The van der Waals surface area contributed by atoms with Crippen molar-refractivity contribution < 1.29 is 0 Å². The van der Waals surface area contributed by atoms with Gasteiger partial charge in [-0.05, 0) is 12.8 Å². The number of nitriles is 1. The Morgan fingerprint density at radius 2 is 1.47 bits per heavy atom. The quantitative estimate of drug-likeness (QED) is 0.690. The average molecular weight is 234 g/mol. The Morgan fingerprint density at radius 3 is 2.12 bits per heavy atom. The van der Waals surface area contributed by atoms with Gasteiger partial charge in [0.05, 0.1) is 6.07 Å². The summed E-state index contributed by atoms with van der Waals surface area (Å²) < 4.78 is 0. The van der Waals surface area contributed by atoms with Crippen molar-refractivity contribution in [3.8, 4) is 6.07 Å². The zero-order valence-electron chi connectivity index (χ0n) is 9.89. The van der Waals surface area contributed by atoms with Crippen LogP contribution in [0.5, 0.6) is 0 Å². The number of nitrogens with two attached hydrogens (primary N) is 2. The summed E-state index contributed by atoms with van der Waals surface area (Å²) in [4.78, 5) is 11.7. The van der Waals surface area contributed by atoms with Gasteiger partial charge in [0.2, 0.25) is 11.9 Å². The van der Waals surface area contributed by atoms with E-state index in [1.54, 1.807) is 0 Å². The fourth-order valence-electron chi connectivity index (χ4n) is 1.59. The molecule has 6 nitrogen and oxygen atoms in total. The number of rotatable bonds is 7. The van der Waals surface area contributed by atoms with Crippen LogP contribution >= 0.6 is 0 Å². The van der Waals surface area contributed by atoms with Crippen LogP contribution in [0.3, 0.4) is 0 Å². The van der Waals surface area contributed by atoms with E-state index >= 15 is 0 Å². The van der Waals surface area contributed by atoms with Crippen molar-refractivity contribution in [3.63, 3.8) is 0 Å². The van der Waals surface area contributed by atoms with Crippen LogP contribution in [0.25, 0.3) is 0 Å². The van der Waals surface area contributed by atoms with E-state index in [9.17, 15) is 0 Å². The number of nitrogen functional groups attached to an aromatic ring is 2. The molecule has 0 bridgehead atoms. The van der Waals surface area contributed by atoms with Gasteiger partial charge in [-0.15, -0.1) is 0 Å². The van der Waals surface area contributed by atoms with Gasteiger partial charge in [0.15, 0.2) is 0 Å². The summed E-state index contributed by atoms with van der Waals surface area (Å²) in [5, 5.41) is 8.37. The molecular formula is C11H18N6. The molecule has 0 saturated carbocycles. The molecule has 92 valence electrons. The van der Waals surface area contributed by atoms with Gasteiger partial charge in [0.1, 0.15) is 5.82 Å². The molecule has 1 aromatic rings. The van der Waals surface area contributed by atoms with Crippen molar-refractivity contribution in [1.82, 2.24) is 15.0 Å². The number of nitrogens with zero attached hydrogens (tertiary/aromatic N) is 4. The monoisotopic (exact) mass is 234 g/mol. The highest BCUT2D eigenvalue weighted by atomic mass is 15.1. The standard InChI is InChI=1S/C11H18N6/c12-8-6-4-2-1-3-5-7-9-15-10(13)17-11(14)16-9/h1-7H2,(H4,13,14,15,16,17). The normalized spacial score (nSPS) is 10.1. The summed E-state index contributed by atoms with van der Waals surface area (Å²) >= 11 is 0. The minimum absolute atomic E-state index is 0.182. The van der Waals surface area contributed by atoms with E-state index in [1.807, 2.05) is 0 Å². The lowest BCUT2D eigenvalue weighted by atomic mass is 10.1. The maximum atomic E-state index is 8.37. The number of anilines is 2. The SMILES string of the molecule is N#CCCCCCCCc1nc(N)nc(N)n1. The third-order valence-corrected chi connectivity index (χ3v) is 2.41. The van der Waals surface area contributed by atoms with Gasteiger partial charge in [-0.1, -0.05) is 19.3 Å². The fourth-order valence-corrected chi connectivity index (χ4v) is 1.59. The maximum absolute atomic E-state index is 8.37. The number of aryl methyl sites for hydroxylation is 1. The lowest BCUT2D eigenvalue weighted by Crippen LogP contribution is -2.06. The largest absolute Gasteiger partial charge is 0.368 e. The molecular weight excluding hydrogens is 216 g/mol. The predicted octanol–water partition coefficient (Wildman–Crippen LogP) is 1.44. The number of aromatic nitrogens is 3. The Bertz CT molecular complexity index is 364. The van der Waals surface area contributed by atoms with Crippen molar-refractivity contribution in [2.45, 2.75) is 44.9 Å². The highest BCUT2D eigenvalue weighted by molar-refractivity contribution is 5.25. The van der Waals surface area contributed by atoms with Gasteiger partial charge in [-0.2, -0.15) is 20.2 Å². The second kappa shape index (κ2) is 7.39. The first-order chi connectivity index (χ1) is 8.22. The van der Waals surface area contributed by atoms with Gasteiger partial charge >= 0.3 is 0 Å². The highest BCUT2D eigenvalue weighted by Gasteiger charge is 2.01. The van der Waals surface area contributed by atoms with Crippen molar-refractivity contribution in [2.24, 2.45) is 0 Å². The third-order valence-electron chi connectivity index (χ3n) is 2.41. The van der Waals surface area contributed by atoms with Crippen LogP contribution in [-0.4, -0.2) is 15.0 Å². The van der Waals surface area contributed by atoms with E-state index in [0.29, 0.717) is 12.2 Å². The van der Waals surface area contributed by atoms with Gasteiger partial charge < -0.3 is 11.5 Å². The summed E-state index contributed by atoms with van der Waals surface area (Å²) in [6, 6.07) is 2.14. The van der Waals surface area contributed by atoms with E-state index in [2.05, 4.69) is 21.0 Å². The average Bonchev–Trinajstić information content (AvgIpc) is 2.26. The van der Waals surface area contributed by atoms with Gasteiger partial charge in [0.25, 0.3) is 0 Å². The Morgan fingerprint density at radius 1 is 0.882 bits per heavy atom. The van der Waals surface area contributed by atoms with Crippen molar-refractivity contribution in [2.75, 3.05) is 11.5 Å². The van der Waals surface area contributed by atoms with Crippen molar-refractivity contribution in [1.29, 1.82) is 5.26 Å². The van der Waals surface area contributed by atoms with Crippen LogP contribution in [-0.2, 0) is 6.42 Å². The molecule has 0 spiro atoms. The zero-order valence-corrected chi connectivity index (χ0v) is 9.89. The van der Waals surface area contributed by atoms with Gasteiger partial charge in [-0.25, -0.2) is 0 Å². The molecule has 0 aliphatic carbocycles. The molecule has 4 N–H and O–H groups in total. The first-order valence-electron chi connectivity index (χ1n) is 5.85. The van der Waals surface area contributed by atoms with E-state index in [1.165, 1.54) is 0 Å². The molecule has 0 aliphatic rings. The summed E-state index contributed by atoms with van der Waals surface area (Å²) in [7, 11) is 0. The van der Waals surface area contributed by atoms with E-state index < -0.39 is 0 Å². The maximum Gasteiger partial charge on any atom is 0.225 e. The lowest BCUT2D eigenvalue weighted by Gasteiger charge is -2.02. The van der Waals surface area contributed by atoms with Crippen LogP contribution < -0.4 is 11.5 Å². The molecule has 1 aromatic heterocycles. The highest BCUT2D eigenvalue weighted by Crippen LogP contribution is 2.08. The molecule has 1 heterocycles. The lowest BCUT2D eigenvalue weighted by molar-refractivity contribution is 0.611. The Balaban J connectivity index is 2.16. The van der Waals surface area contributed by atoms with Crippen LogP contribution in [0, 0.1) is 11.3 Å². The van der Waals surface area contributed by atoms with Gasteiger partial charge in [0, 0.05) is 12.8 Å². The molecule has 0 aliphatic heterocycles. The van der Waals surface area contributed by atoms with E-state index in [4.69, 9.17) is 16.7 Å². The molecule has 0 unspecified atom stereocenters. The molecule has 0 aromatic carbocycles. The Labute approximate surface area is 101 Å². The smallest absolute Gasteiger partial charge is 0.225 e. The summed E-state index contributed by atoms with van der Waals surface area (Å²) in [6.07, 6.45) is 6.77. The zero-order chi connectivity index (χ0) is 12.5. The summed E-state index contributed by atoms with van der Waals surface area (Å²) in [5.74, 6) is 1.02. The van der Waals surface area contributed by atoms with Crippen molar-refractivity contribution in [3.05, 3.63) is 5.82 Å². The van der Waals surface area contributed by atoms with Crippen molar-refractivity contribution >= 4 is 11.9 Å². The Hall–Kier alpha value is -1.90. The van der Waals surface area contributed by atoms with Crippen LogP contribution in [0.1, 0.15) is 44.3 Å². The van der Waals surface area contributed by atoms with Crippen LogP contribution in [0.4, 0.5) is 11.9 Å². The van der Waals surface area contributed by atoms with Gasteiger partial charge in [-0.3, -0.25) is 0 Å². The molecule has 0 amide bonds. The minimum Gasteiger partial charge on any atom is -0.368 e. The third kappa shape index (κ3) is 5.66. The molecule has 17 heavy (non-hydrogen) atoms. The van der Waals surface area contributed by atoms with E-state index in [-0.39, 0.29) is 11.9 Å². The number of hydrogen-bond acceptors (Lipinski definition) is 6. The molecule has 6 heteroatoms. The summed E-state index contributed by atoms with van der Waals surface area (Å²) in [6.45, 7) is 0. The predicted molar refractivity (Wildman–Crippen MR) is 65.7 cm³/mol. The minimum atomic E-state index is 0.182. The van der Waals surface area contributed by atoms with Crippen LogP contribution in [0.15, 0.2) is 0 Å². The summed E-state index contributed by atoms with van der Waals surface area (Å²) in [5.41, 5.74) is 10.9. The molecule has 1 rings (SSSR count).